The van der Waals surface area contributed by atoms with Crippen LogP contribution in [0.5, 0.6) is 0 Å². The standard InChI is InChI=1S/C12H16ClN3OS/c13-12-15-14-10(18-12)11(17)16-7-3-5-8-4-1-2-6-9(8)16/h8-9H,1-7H2. The van der Waals surface area contributed by atoms with Crippen LogP contribution in [0.15, 0.2) is 0 Å². The van der Waals surface area contributed by atoms with Gasteiger partial charge in [0, 0.05) is 12.6 Å². The Morgan fingerprint density at radius 2 is 2.00 bits per heavy atom. The smallest absolute Gasteiger partial charge is 0.285 e. The highest BCUT2D eigenvalue weighted by atomic mass is 35.5. The average molecular weight is 286 g/mol. The van der Waals surface area contributed by atoms with Gasteiger partial charge in [0.05, 0.1) is 0 Å². The molecule has 1 aliphatic heterocycles. The van der Waals surface area contributed by atoms with E-state index in [1.807, 2.05) is 4.90 Å². The number of piperidine rings is 1. The van der Waals surface area contributed by atoms with Crippen LogP contribution in [0.3, 0.4) is 0 Å². The first-order valence-electron chi connectivity index (χ1n) is 6.55. The first kappa shape index (κ1) is 12.4. The summed E-state index contributed by atoms with van der Waals surface area (Å²) >= 11 is 6.94. The lowest BCUT2D eigenvalue weighted by Gasteiger charge is -2.43. The van der Waals surface area contributed by atoms with Crippen molar-refractivity contribution in [3.8, 4) is 0 Å². The van der Waals surface area contributed by atoms with Crippen molar-refractivity contribution in [1.82, 2.24) is 15.1 Å². The molecule has 2 fully saturated rings. The highest BCUT2D eigenvalue weighted by Gasteiger charge is 2.36. The molecular weight excluding hydrogens is 270 g/mol. The van der Waals surface area contributed by atoms with E-state index in [0.29, 0.717) is 21.4 Å². The minimum Gasteiger partial charge on any atom is -0.333 e. The molecule has 0 bridgehead atoms. The Kier molecular flexibility index (Phi) is 3.52. The SMILES string of the molecule is O=C(c1nnc(Cl)s1)N1CCCC2CCCCC21. The number of likely N-dealkylation sites (tertiary alicyclic amines) is 1. The van der Waals surface area contributed by atoms with Crippen molar-refractivity contribution in [2.75, 3.05) is 6.54 Å². The van der Waals surface area contributed by atoms with Gasteiger partial charge in [0.25, 0.3) is 5.91 Å². The molecule has 0 aromatic carbocycles. The molecule has 1 saturated carbocycles. The fraction of sp³-hybridized carbons (Fsp3) is 0.750. The number of carbonyl (C=O) groups excluding carboxylic acids is 1. The maximum absolute atomic E-state index is 12.4. The lowest BCUT2D eigenvalue weighted by Crippen LogP contribution is -2.49. The first-order valence-corrected chi connectivity index (χ1v) is 7.75. The van der Waals surface area contributed by atoms with Gasteiger partial charge in [-0.05, 0) is 43.2 Å². The molecule has 0 radical (unpaired) electrons. The van der Waals surface area contributed by atoms with E-state index in [1.165, 1.54) is 37.0 Å². The third kappa shape index (κ3) is 2.26. The minimum absolute atomic E-state index is 0.0241. The molecule has 2 unspecified atom stereocenters. The number of hydrogen-bond donors (Lipinski definition) is 0. The first-order chi connectivity index (χ1) is 8.75. The number of amides is 1. The molecule has 1 aromatic heterocycles. The summed E-state index contributed by atoms with van der Waals surface area (Å²) in [6.07, 6.45) is 7.34. The van der Waals surface area contributed by atoms with Crippen LogP contribution in [-0.2, 0) is 0 Å². The van der Waals surface area contributed by atoms with E-state index in [4.69, 9.17) is 11.6 Å². The van der Waals surface area contributed by atoms with Gasteiger partial charge in [-0.25, -0.2) is 0 Å². The molecule has 18 heavy (non-hydrogen) atoms. The molecule has 2 aliphatic rings. The largest absolute Gasteiger partial charge is 0.333 e. The average Bonchev–Trinajstić information content (AvgIpc) is 2.84. The molecule has 1 aliphatic carbocycles. The van der Waals surface area contributed by atoms with Gasteiger partial charge in [-0.1, -0.05) is 24.2 Å². The van der Waals surface area contributed by atoms with Gasteiger partial charge in [0.15, 0.2) is 0 Å². The van der Waals surface area contributed by atoms with E-state index >= 15 is 0 Å². The molecule has 0 spiro atoms. The van der Waals surface area contributed by atoms with Gasteiger partial charge in [-0.2, -0.15) is 0 Å². The highest BCUT2D eigenvalue weighted by Crippen LogP contribution is 2.36. The van der Waals surface area contributed by atoms with Crippen LogP contribution < -0.4 is 0 Å². The summed E-state index contributed by atoms with van der Waals surface area (Å²) in [6, 6.07) is 0.419. The Labute approximate surface area is 115 Å². The summed E-state index contributed by atoms with van der Waals surface area (Å²) in [6.45, 7) is 0.858. The molecular formula is C12H16ClN3OS. The molecule has 2 heterocycles. The van der Waals surface area contributed by atoms with Gasteiger partial charge < -0.3 is 4.90 Å². The second-order valence-corrected chi connectivity index (χ2v) is 6.67. The van der Waals surface area contributed by atoms with Crippen LogP contribution >= 0.6 is 22.9 Å². The summed E-state index contributed by atoms with van der Waals surface area (Å²) in [4.78, 5) is 14.5. The molecule has 1 amide bonds. The normalized spacial score (nSPS) is 27.9. The molecule has 1 aromatic rings. The van der Waals surface area contributed by atoms with Crippen LogP contribution in [0.1, 0.15) is 48.3 Å². The number of rotatable bonds is 1. The van der Waals surface area contributed by atoms with Crippen molar-refractivity contribution >= 4 is 28.8 Å². The van der Waals surface area contributed by atoms with Crippen molar-refractivity contribution in [1.29, 1.82) is 0 Å². The lowest BCUT2D eigenvalue weighted by molar-refractivity contribution is 0.0389. The van der Waals surface area contributed by atoms with E-state index in [1.54, 1.807) is 0 Å². The Hall–Kier alpha value is -0.680. The molecule has 3 rings (SSSR count). The third-order valence-corrected chi connectivity index (χ3v) is 5.09. The maximum atomic E-state index is 12.4. The topological polar surface area (TPSA) is 46.1 Å². The van der Waals surface area contributed by atoms with Gasteiger partial charge >= 0.3 is 0 Å². The molecule has 2 atom stereocenters. The zero-order chi connectivity index (χ0) is 12.5. The van der Waals surface area contributed by atoms with Gasteiger partial charge in [0.1, 0.15) is 0 Å². The van der Waals surface area contributed by atoms with Gasteiger partial charge in [-0.3, -0.25) is 4.79 Å². The molecule has 1 saturated heterocycles. The maximum Gasteiger partial charge on any atom is 0.285 e. The van der Waals surface area contributed by atoms with E-state index in [0.717, 1.165) is 19.4 Å². The quantitative estimate of drug-likeness (QED) is 0.797. The van der Waals surface area contributed by atoms with E-state index in [-0.39, 0.29) is 5.91 Å². The van der Waals surface area contributed by atoms with E-state index in [2.05, 4.69) is 10.2 Å². The Bertz CT molecular complexity index is 448. The van der Waals surface area contributed by atoms with Crippen molar-refractivity contribution in [3.05, 3.63) is 9.47 Å². The summed E-state index contributed by atoms with van der Waals surface area (Å²) in [5.41, 5.74) is 0. The number of aromatic nitrogens is 2. The van der Waals surface area contributed by atoms with Crippen LogP contribution in [0.2, 0.25) is 4.47 Å². The number of nitrogens with zero attached hydrogens (tertiary/aromatic N) is 3. The predicted octanol–water partition coefficient (Wildman–Crippen LogP) is 2.99. The number of hydrogen-bond acceptors (Lipinski definition) is 4. The van der Waals surface area contributed by atoms with Crippen LogP contribution in [0, 0.1) is 5.92 Å². The third-order valence-electron chi connectivity index (χ3n) is 4.09. The van der Waals surface area contributed by atoms with Gasteiger partial charge in [0.2, 0.25) is 9.47 Å². The molecule has 0 N–H and O–H groups in total. The van der Waals surface area contributed by atoms with Crippen LogP contribution in [0.4, 0.5) is 0 Å². The molecule has 98 valence electrons. The van der Waals surface area contributed by atoms with Crippen molar-refractivity contribution < 1.29 is 4.79 Å². The van der Waals surface area contributed by atoms with Crippen LogP contribution in [0.25, 0.3) is 0 Å². The number of halogens is 1. The fourth-order valence-corrected chi connectivity index (χ4v) is 4.08. The van der Waals surface area contributed by atoms with E-state index < -0.39 is 0 Å². The van der Waals surface area contributed by atoms with Crippen molar-refractivity contribution in [2.45, 2.75) is 44.6 Å². The second-order valence-electron chi connectivity index (χ2n) is 5.11. The fourth-order valence-electron chi connectivity index (χ4n) is 3.29. The van der Waals surface area contributed by atoms with E-state index in [9.17, 15) is 4.79 Å². The Morgan fingerprint density at radius 1 is 1.22 bits per heavy atom. The van der Waals surface area contributed by atoms with Crippen molar-refractivity contribution in [2.24, 2.45) is 5.92 Å². The second kappa shape index (κ2) is 5.13. The Morgan fingerprint density at radius 3 is 2.78 bits per heavy atom. The van der Waals surface area contributed by atoms with Gasteiger partial charge in [-0.15, -0.1) is 10.2 Å². The number of carbonyl (C=O) groups is 1. The molecule has 6 heteroatoms. The van der Waals surface area contributed by atoms with Crippen molar-refractivity contribution in [3.63, 3.8) is 0 Å². The summed E-state index contributed by atoms with van der Waals surface area (Å²) in [7, 11) is 0. The zero-order valence-corrected chi connectivity index (χ0v) is 11.7. The highest BCUT2D eigenvalue weighted by molar-refractivity contribution is 7.17. The predicted molar refractivity (Wildman–Crippen MR) is 70.9 cm³/mol. The number of fused-ring (bicyclic) bond motifs is 1. The molecule has 4 nitrogen and oxygen atoms in total. The van der Waals surface area contributed by atoms with Crippen LogP contribution in [-0.4, -0.2) is 33.6 Å². The lowest BCUT2D eigenvalue weighted by atomic mass is 9.78. The minimum atomic E-state index is 0.0241. The summed E-state index contributed by atoms with van der Waals surface area (Å²) < 4.78 is 0.343. The zero-order valence-electron chi connectivity index (χ0n) is 10.1. The summed E-state index contributed by atoms with van der Waals surface area (Å²) in [5.74, 6) is 0.718. The summed E-state index contributed by atoms with van der Waals surface area (Å²) in [5, 5.41) is 8.03. The Balaban J connectivity index is 1.79. The monoisotopic (exact) mass is 285 g/mol.